The number of aromatic nitrogens is 1. The van der Waals surface area contributed by atoms with Gasteiger partial charge in [0.25, 0.3) is 0 Å². The molecule has 1 aromatic heterocycles. The third-order valence-electron chi connectivity index (χ3n) is 9.26. The standard InChI is InChI=1S/C45H29N/c1-3-10-34(11-4-1)43-28-36(29-44(46-43)35-12-5-2-6-13-35)32-20-18-30(19-21-32)31-22-24-33(25-23-31)37-26-27-42-39-15-8-7-14-38(39)41-17-9-16-40(37)45(41)42/h1-29H. The van der Waals surface area contributed by atoms with Gasteiger partial charge < -0.3 is 0 Å². The zero-order chi connectivity index (χ0) is 30.5. The Morgan fingerprint density at radius 2 is 0.696 bits per heavy atom. The first-order chi connectivity index (χ1) is 22.8. The maximum atomic E-state index is 5.04. The van der Waals surface area contributed by atoms with E-state index in [2.05, 4.69) is 164 Å². The summed E-state index contributed by atoms with van der Waals surface area (Å²) >= 11 is 0. The molecule has 1 heterocycles. The van der Waals surface area contributed by atoms with E-state index in [0.29, 0.717) is 0 Å². The Morgan fingerprint density at radius 1 is 0.261 bits per heavy atom. The summed E-state index contributed by atoms with van der Waals surface area (Å²) in [5.74, 6) is 0. The molecule has 46 heavy (non-hydrogen) atoms. The van der Waals surface area contributed by atoms with Gasteiger partial charge in [0, 0.05) is 11.1 Å². The van der Waals surface area contributed by atoms with E-state index in [1.165, 1.54) is 60.8 Å². The van der Waals surface area contributed by atoms with Crippen LogP contribution in [0.4, 0.5) is 0 Å². The van der Waals surface area contributed by atoms with Crippen LogP contribution < -0.4 is 0 Å². The fraction of sp³-hybridized carbons (Fsp3) is 0. The lowest BCUT2D eigenvalue weighted by atomic mass is 9.93. The summed E-state index contributed by atoms with van der Waals surface area (Å²) in [5.41, 5.74) is 16.8. The van der Waals surface area contributed by atoms with Gasteiger partial charge in [-0.15, -0.1) is 0 Å². The lowest BCUT2D eigenvalue weighted by Gasteiger charge is -2.12. The van der Waals surface area contributed by atoms with Crippen molar-refractivity contribution in [2.45, 2.75) is 0 Å². The summed E-state index contributed by atoms with van der Waals surface area (Å²) in [4.78, 5) is 5.04. The summed E-state index contributed by atoms with van der Waals surface area (Å²) in [6.45, 7) is 0. The van der Waals surface area contributed by atoms with Crippen molar-refractivity contribution in [2.24, 2.45) is 0 Å². The molecule has 0 radical (unpaired) electrons. The Labute approximate surface area is 269 Å². The van der Waals surface area contributed by atoms with Gasteiger partial charge in [-0.1, -0.05) is 164 Å². The van der Waals surface area contributed by atoms with Crippen molar-refractivity contribution in [3.8, 4) is 78.1 Å². The van der Waals surface area contributed by atoms with Crippen molar-refractivity contribution in [3.63, 3.8) is 0 Å². The van der Waals surface area contributed by atoms with Gasteiger partial charge in [0.05, 0.1) is 11.4 Å². The van der Waals surface area contributed by atoms with Gasteiger partial charge in [0.2, 0.25) is 0 Å². The molecule has 0 fully saturated rings. The van der Waals surface area contributed by atoms with Crippen LogP contribution in [0.5, 0.6) is 0 Å². The van der Waals surface area contributed by atoms with Crippen LogP contribution >= 0.6 is 0 Å². The molecule has 0 unspecified atom stereocenters. The molecule has 0 saturated heterocycles. The lowest BCUT2D eigenvalue weighted by molar-refractivity contribution is 1.32. The van der Waals surface area contributed by atoms with Crippen LogP contribution in [0.15, 0.2) is 176 Å². The van der Waals surface area contributed by atoms with Crippen LogP contribution in [0, 0.1) is 0 Å². The molecule has 0 atom stereocenters. The Hall–Kier alpha value is -6.05. The monoisotopic (exact) mass is 583 g/mol. The van der Waals surface area contributed by atoms with Crippen molar-refractivity contribution in [1.82, 2.24) is 4.98 Å². The third-order valence-corrected chi connectivity index (χ3v) is 9.26. The van der Waals surface area contributed by atoms with Crippen LogP contribution in [0.1, 0.15) is 0 Å². The van der Waals surface area contributed by atoms with Crippen LogP contribution in [0.3, 0.4) is 0 Å². The molecule has 0 N–H and O–H groups in total. The highest BCUT2D eigenvalue weighted by Gasteiger charge is 2.22. The predicted molar refractivity (Wildman–Crippen MR) is 193 cm³/mol. The molecular formula is C45H29N. The van der Waals surface area contributed by atoms with Gasteiger partial charge in [0.1, 0.15) is 0 Å². The van der Waals surface area contributed by atoms with Gasteiger partial charge in [-0.3, -0.25) is 0 Å². The second kappa shape index (κ2) is 10.8. The molecule has 7 aromatic carbocycles. The second-order valence-electron chi connectivity index (χ2n) is 11.9. The largest absolute Gasteiger partial charge is 0.248 e. The maximum absolute atomic E-state index is 5.04. The quantitative estimate of drug-likeness (QED) is 0.196. The molecule has 1 aliphatic rings. The highest BCUT2D eigenvalue weighted by molar-refractivity contribution is 6.18. The average molecular weight is 584 g/mol. The number of nitrogens with zero attached hydrogens (tertiary/aromatic N) is 1. The van der Waals surface area contributed by atoms with Gasteiger partial charge >= 0.3 is 0 Å². The first-order valence-corrected chi connectivity index (χ1v) is 15.8. The molecule has 1 aliphatic carbocycles. The van der Waals surface area contributed by atoms with E-state index in [4.69, 9.17) is 4.98 Å². The topological polar surface area (TPSA) is 12.9 Å². The highest BCUT2D eigenvalue weighted by Crippen LogP contribution is 2.49. The Balaban J connectivity index is 1.05. The molecule has 214 valence electrons. The van der Waals surface area contributed by atoms with Crippen molar-refractivity contribution >= 4 is 10.8 Å². The molecular weight excluding hydrogens is 555 g/mol. The lowest BCUT2D eigenvalue weighted by Crippen LogP contribution is -1.91. The zero-order valence-corrected chi connectivity index (χ0v) is 25.2. The molecule has 0 aliphatic heterocycles. The van der Waals surface area contributed by atoms with Gasteiger partial charge in [-0.2, -0.15) is 0 Å². The summed E-state index contributed by atoms with van der Waals surface area (Å²) in [5, 5.41) is 2.67. The van der Waals surface area contributed by atoms with E-state index in [1.54, 1.807) is 0 Å². The fourth-order valence-corrected chi connectivity index (χ4v) is 6.97. The number of pyridine rings is 1. The van der Waals surface area contributed by atoms with Crippen LogP contribution in [0.2, 0.25) is 0 Å². The minimum atomic E-state index is 0.976. The Morgan fingerprint density at radius 3 is 1.26 bits per heavy atom. The third kappa shape index (κ3) is 4.45. The zero-order valence-electron chi connectivity index (χ0n) is 25.2. The molecule has 0 bridgehead atoms. The highest BCUT2D eigenvalue weighted by atomic mass is 14.7. The van der Waals surface area contributed by atoms with E-state index in [-0.39, 0.29) is 0 Å². The fourth-order valence-electron chi connectivity index (χ4n) is 6.97. The Kier molecular flexibility index (Phi) is 6.21. The first kappa shape index (κ1) is 26.4. The van der Waals surface area contributed by atoms with Crippen molar-refractivity contribution in [1.29, 1.82) is 0 Å². The second-order valence-corrected chi connectivity index (χ2v) is 11.9. The van der Waals surface area contributed by atoms with Gasteiger partial charge in [0.15, 0.2) is 0 Å². The van der Waals surface area contributed by atoms with Crippen molar-refractivity contribution in [2.75, 3.05) is 0 Å². The SMILES string of the molecule is c1ccc(-c2cc(-c3ccc(-c4ccc(-c5ccc6c7c(cccc57)-c5ccccc5-6)cc4)cc3)cc(-c3ccccc3)n2)cc1. The number of hydrogen-bond acceptors (Lipinski definition) is 1. The summed E-state index contributed by atoms with van der Waals surface area (Å²) in [6.07, 6.45) is 0. The summed E-state index contributed by atoms with van der Waals surface area (Å²) < 4.78 is 0. The minimum Gasteiger partial charge on any atom is -0.248 e. The minimum absolute atomic E-state index is 0.976. The molecule has 0 amide bonds. The molecule has 1 nitrogen and oxygen atoms in total. The molecule has 0 spiro atoms. The van der Waals surface area contributed by atoms with Crippen LogP contribution in [-0.2, 0) is 0 Å². The predicted octanol–water partition coefficient (Wildman–Crippen LogP) is 12.2. The van der Waals surface area contributed by atoms with Gasteiger partial charge in [-0.05, 0) is 78.5 Å². The summed E-state index contributed by atoms with van der Waals surface area (Å²) in [6, 6.07) is 63.2. The van der Waals surface area contributed by atoms with E-state index in [0.717, 1.165) is 28.1 Å². The van der Waals surface area contributed by atoms with Crippen molar-refractivity contribution < 1.29 is 0 Å². The van der Waals surface area contributed by atoms with Gasteiger partial charge in [-0.25, -0.2) is 4.98 Å². The smallest absolute Gasteiger partial charge is 0.0715 e. The van der Waals surface area contributed by atoms with Crippen molar-refractivity contribution in [3.05, 3.63) is 176 Å². The van der Waals surface area contributed by atoms with E-state index < -0.39 is 0 Å². The number of rotatable bonds is 5. The van der Waals surface area contributed by atoms with E-state index >= 15 is 0 Å². The first-order valence-electron chi connectivity index (χ1n) is 15.8. The van der Waals surface area contributed by atoms with Crippen LogP contribution in [0.25, 0.3) is 88.9 Å². The molecule has 0 saturated carbocycles. The van der Waals surface area contributed by atoms with Crippen LogP contribution in [-0.4, -0.2) is 4.98 Å². The molecule has 9 rings (SSSR count). The number of benzene rings is 7. The number of fused-ring (bicyclic) bond motifs is 3. The molecule has 1 heteroatoms. The maximum Gasteiger partial charge on any atom is 0.0715 e. The Bertz CT molecular complexity index is 2280. The molecule has 8 aromatic rings. The van der Waals surface area contributed by atoms with E-state index in [9.17, 15) is 0 Å². The summed E-state index contributed by atoms with van der Waals surface area (Å²) in [7, 11) is 0. The van der Waals surface area contributed by atoms with E-state index in [1.807, 2.05) is 12.1 Å². The average Bonchev–Trinajstić information content (AvgIpc) is 3.47. The number of hydrogen-bond donors (Lipinski definition) is 0. The normalized spacial score (nSPS) is 11.5.